The summed E-state index contributed by atoms with van der Waals surface area (Å²) in [6, 6.07) is 5.76. The molecule has 1 aliphatic heterocycles. The van der Waals surface area contributed by atoms with Crippen molar-refractivity contribution in [2.75, 3.05) is 11.9 Å². The van der Waals surface area contributed by atoms with E-state index in [9.17, 15) is 4.79 Å². The molecule has 0 fully saturated rings. The molecule has 2 rings (SSSR count). The molecule has 1 amide bonds. The molecule has 1 aromatic carbocycles. The molecule has 0 aromatic heterocycles. The van der Waals surface area contributed by atoms with E-state index in [1.165, 1.54) is 0 Å². The Labute approximate surface area is 94.8 Å². The summed E-state index contributed by atoms with van der Waals surface area (Å²) in [5.74, 6) is 0.593. The van der Waals surface area contributed by atoms with Crippen LogP contribution in [0.4, 0.5) is 5.69 Å². The van der Waals surface area contributed by atoms with Crippen LogP contribution < -0.4 is 15.8 Å². The van der Waals surface area contributed by atoms with Crippen LogP contribution in [0.5, 0.6) is 5.75 Å². The number of amides is 1. The summed E-state index contributed by atoms with van der Waals surface area (Å²) in [7, 11) is 0. The van der Waals surface area contributed by atoms with Gasteiger partial charge in [0.2, 0.25) is 0 Å². The monoisotopic (exact) mass is 220 g/mol. The number of carbonyl (C=O) groups is 1. The minimum atomic E-state index is -0.803. The molecule has 0 bridgehead atoms. The van der Waals surface area contributed by atoms with Gasteiger partial charge in [0.05, 0.1) is 5.69 Å². The van der Waals surface area contributed by atoms with Crippen LogP contribution in [0.25, 0.3) is 0 Å². The lowest BCUT2D eigenvalue weighted by Crippen LogP contribution is -2.45. The second-order valence-electron chi connectivity index (χ2n) is 4.44. The van der Waals surface area contributed by atoms with Crippen molar-refractivity contribution in [3.05, 3.63) is 23.8 Å². The Kier molecular flexibility index (Phi) is 2.59. The van der Waals surface area contributed by atoms with E-state index in [2.05, 4.69) is 5.32 Å². The number of hydrogen-bond acceptors (Lipinski definition) is 3. The predicted octanol–water partition coefficient (Wildman–Crippen LogP) is 1.30. The van der Waals surface area contributed by atoms with Gasteiger partial charge in [0.25, 0.3) is 5.91 Å². The van der Waals surface area contributed by atoms with E-state index in [4.69, 9.17) is 10.5 Å². The summed E-state index contributed by atoms with van der Waals surface area (Å²) in [6.07, 6.45) is 0.798. The fourth-order valence-corrected chi connectivity index (χ4v) is 1.68. The molecule has 16 heavy (non-hydrogen) atoms. The molecule has 86 valence electrons. The van der Waals surface area contributed by atoms with E-state index in [0.717, 1.165) is 17.7 Å². The zero-order valence-corrected chi connectivity index (χ0v) is 9.54. The van der Waals surface area contributed by atoms with Crippen LogP contribution >= 0.6 is 0 Å². The van der Waals surface area contributed by atoms with Crippen LogP contribution in [0.3, 0.4) is 0 Å². The minimum Gasteiger partial charge on any atom is -0.476 e. The fourth-order valence-electron chi connectivity index (χ4n) is 1.68. The number of nitrogens with one attached hydrogen (secondary N) is 1. The number of anilines is 1. The molecule has 1 aromatic rings. The maximum absolute atomic E-state index is 11.7. The minimum absolute atomic E-state index is 0.120. The highest BCUT2D eigenvalue weighted by atomic mass is 16.5. The van der Waals surface area contributed by atoms with E-state index in [1.807, 2.05) is 18.2 Å². The third-order valence-electron chi connectivity index (χ3n) is 2.64. The van der Waals surface area contributed by atoms with Crippen LogP contribution in [0.2, 0.25) is 0 Å². The van der Waals surface area contributed by atoms with Crippen molar-refractivity contribution in [1.82, 2.24) is 0 Å². The molecule has 4 nitrogen and oxygen atoms in total. The quantitative estimate of drug-likeness (QED) is 0.789. The SMILES string of the molecule is CC1(C)Oc2ccc(CCN)cc2NC1=O. The molecule has 3 N–H and O–H groups in total. The molecule has 0 saturated carbocycles. The molecule has 0 spiro atoms. The number of carbonyl (C=O) groups excluding carboxylic acids is 1. The van der Waals surface area contributed by atoms with Gasteiger partial charge in [-0.2, -0.15) is 0 Å². The summed E-state index contributed by atoms with van der Waals surface area (Å²) in [6.45, 7) is 4.09. The number of rotatable bonds is 2. The lowest BCUT2D eigenvalue weighted by Gasteiger charge is -2.31. The van der Waals surface area contributed by atoms with E-state index < -0.39 is 5.60 Å². The maximum Gasteiger partial charge on any atom is 0.268 e. The Morgan fingerprint density at radius 3 is 2.88 bits per heavy atom. The van der Waals surface area contributed by atoms with Gasteiger partial charge < -0.3 is 15.8 Å². The molecule has 1 heterocycles. The molecule has 0 saturated heterocycles. The highest BCUT2D eigenvalue weighted by Gasteiger charge is 2.35. The second kappa shape index (κ2) is 3.79. The zero-order valence-electron chi connectivity index (χ0n) is 9.54. The third-order valence-corrected chi connectivity index (χ3v) is 2.64. The average molecular weight is 220 g/mol. The average Bonchev–Trinajstić information content (AvgIpc) is 2.20. The van der Waals surface area contributed by atoms with Crippen molar-refractivity contribution in [3.8, 4) is 5.75 Å². The van der Waals surface area contributed by atoms with Crippen LogP contribution in [0.1, 0.15) is 19.4 Å². The second-order valence-corrected chi connectivity index (χ2v) is 4.44. The first-order valence-corrected chi connectivity index (χ1v) is 5.36. The molecule has 0 atom stereocenters. The lowest BCUT2D eigenvalue weighted by molar-refractivity contribution is -0.129. The summed E-state index contributed by atoms with van der Waals surface area (Å²) >= 11 is 0. The molecular weight excluding hydrogens is 204 g/mol. The topological polar surface area (TPSA) is 64.3 Å². The number of fused-ring (bicyclic) bond motifs is 1. The van der Waals surface area contributed by atoms with E-state index in [-0.39, 0.29) is 5.91 Å². The first kappa shape index (κ1) is 11.0. The highest BCUT2D eigenvalue weighted by molar-refractivity contribution is 6.00. The predicted molar refractivity (Wildman–Crippen MR) is 62.5 cm³/mol. The van der Waals surface area contributed by atoms with Crippen molar-refractivity contribution in [3.63, 3.8) is 0 Å². The Hall–Kier alpha value is -1.55. The standard InChI is InChI=1S/C12H16N2O2/c1-12(2)11(15)14-9-7-8(5-6-13)3-4-10(9)16-12/h3-4,7H,5-6,13H2,1-2H3,(H,14,15). The third kappa shape index (κ3) is 1.88. The molecule has 0 aliphatic carbocycles. The lowest BCUT2D eigenvalue weighted by atomic mass is 10.0. The van der Waals surface area contributed by atoms with Gasteiger partial charge in [-0.15, -0.1) is 0 Å². The van der Waals surface area contributed by atoms with Gasteiger partial charge in [-0.3, -0.25) is 4.79 Å². The van der Waals surface area contributed by atoms with Gasteiger partial charge >= 0.3 is 0 Å². The van der Waals surface area contributed by atoms with Crippen LogP contribution in [0.15, 0.2) is 18.2 Å². The van der Waals surface area contributed by atoms with Gasteiger partial charge in [-0.1, -0.05) is 6.07 Å². The normalized spacial score (nSPS) is 17.3. The van der Waals surface area contributed by atoms with Crippen molar-refractivity contribution < 1.29 is 9.53 Å². The Bertz CT molecular complexity index is 427. The van der Waals surface area contributed by atoms with Crippen LogP contribution in [0, 0.1) is 0 Å². The first-order valence-electron chi connectivity index (χ1n) is 5.36. The largest absolute Gasteiger partial charge is 0.476 e. The summed E-state index contributed by atoms with van der Waals surface area (Å²) in [4.78, 5) is 11.7. The molecule has 4 heteroatoms. The van der Waals surface area contributed by atoms with E-state index in [0.29, 0.717) is 12.3 Å². The molecule has 0 radical (unpaired) electrons. The van der Waals surface area contributed by atoms with Gasteiger partial charge in [-0.25, -0.2) is 0 Å². The summed E-state index contributed by atoms with van der Waals surface area (Å²) in [5.41, 5.74) is 6.52. The van der Waals surface area contributed by atoms with Crippen molar-refractivity contribution >= 4 is 11.6 Å². The summed E-state index contributed by atoms with van der Waals surface area (Å²) in [5, 5.41) is 2.84. The molecular formula is C12H16N2O2. The Morgan fingerprint density at radius 1 is 1.44 bits per heavy atom. The van der Waals surface area contributed by atoms with E-state index >= 15 is 0 Å². The number of benzene rings is 1. The highest BCUT2D eigenvalue weighted by Crippen LogP contribution is 2.34. The number of nitrogens with two attached hydrogens (primary N) is 1. The van der Waals surface area contributed by atoms with E-state index in [1.54, 1.807) is 13.8 Å². The first-order chi connectivity index (χ1) is 7.53. The molecule has 1 aliphatic rings. The summed E-state index contributed by atoms with van der Waals surface area (Å²) < 4.78 is 5.62. The van der Waals surface area contributed by atoms with Gasteiger partial charge in [0.1, 0.15) is 5.75 Å². The van der Waals surface area contributed by atoms with Gasteiger partial charge in [0, 0.05) is 0 Å². The Balaban J connectivity index is 2.33. The molecule has 0 unspecified atom stereocenters. The van der Waals surface area contributed by atoms with Gasteiger partial charge in [-0.05, 0) is 44.5 Å². The number of ether oxygens (including phenoxy) is 1. The number of hydrogen-bond donors (Lipinski definition) is 2. The van der Waals surface area contributed by atoms with Crippen molar-refractivity contribution in [1.29, 1.82) is 0 Å². The van der Waals surface area contributed by atoms with Crippen molar-refractivity contribution in [2.24, 2.45) is 5.73 Å². The van der Waals surface area contributed by atoms with Crippen LogP contribution in [-0.4, -0.2) is 18.1 Å². The van der Waals surface area contributed by atoms with Crippen LogP contribution in [-0.2, 0) is 11.2 Å². The Morgan fingerprint density at radius 2 is 2.19 bits per heavy atom. The fraction of sp³-hybridized carbons (Fsp3) is 0.417. The maximum atomic E-state index is 11.7. The van der Waals surface area contributed by atoms with Crippen molar-refractivity contribution in [2.45, 2.75) is 25.9 Å². The smallest absolute Gasteiger partial charge is 0.268 e. The zero-order chi connectivity index (χ0) is 11.8. The van der Waals surface area contributed by atoms with Gasteiger partial charge in [0.15, 0.2) is 5.60 Å².